The zero-order valence-corrected chi connectivity index (χ0v) is 12.7. The third-order valence-corrected chi connectivity index (χ3v) is 3.89. The summed E-state index contributed by atoms with van der Waals surface area (Å²) in [7, 11) is 0. The molecule has 0 spiro atoms. The normalized spacial score (nSPS) is 11.2. The van der Waals surface area contributed by atoms with E-state index in [9.17, 15) is 0 Å². The molecule has 0 amide bonds. The van der Waals surface area contributed by atoms with Crippen LogP contribution in [0.25, 0.3) is 21.9 Å². The number of furan rings is 1. The summed E-state index contributed by atoms with van der Waals surface area (Å²) in [4.78, 5) is 0. The van der Waals surface area contributed by atoms with E-state index >= 15 is 0 Å². The molecule has 2 nitrogen and oxygen atoms in total. The first-order valence-corrected chi connectivity index (χ1v) is 7.46. The lowest BCUT2D eigenvalue weighted by Crippen LogP contribution is -1.91. The van der Waals surface area contributed by atoms with Crippen LogP contribution in [0.4, 0.5) is 11.4 Å². The molecule has 0 aliphatic heterocycles. The minimum absolute atomic E-state index is 0.923. The van der Waals surface area contributed by atoms with Crippen molar-refractivity contribution in [2.45, 2.75) is 13.8 Å². The molecule has 0 aliphatic rings. The van der Waals surface area contributed by atoms with Crippen molar-refractivity contribution >= 4 is 33.3 Å². The van der Waals surface area contributed by atoms with E-state index in [-0.39, 0.29) is 0 Å². The molecule has 2 heteroatoms. The molecule has 0 saturated heterocycles. The fraction of sp³-hybridized carbons (Fsp3) is 0.100. The number of fused-ring (bicyclic) bond motifs is 3. The molecule has 0 saturated carbocycles. The maximum Gasteiger partial charge on any atom is 0.135 e. The largest absolute Gasteiger partial charge is 0.456 e. The van der Waals surface area contributed by atoms with E-state index in [4.69, 9.17) is 4.42 Å². The third kappa shape index (κ3) is 2.23. The van der Waals surface area contributed by atoms with Gasteiger partial charge in [0, 0.05) is 22.1 Å². The number of nitrogens with one attached hydrogen (secondary N) is 1. The van der Waals surface area contributed by atoms with Crippen LogP contribution >= 0.6 is 0 Å². The van der Waals surface area contributed by atoms with Gasteiger partial charge in [0.1, 0.15) is 11.2 Å². The van der Waals surface area contributed by atoms with Gasteiger partial charge in [0.05, 0.1) is 0 Å². The number of aryl methyl sites for hydroxylation is 2. The predicted molar refractivity (Wildman–Crippen MR) is 92.9 cm³/mol. The van der Waals surface area contributed by atoms with Crippen molar-refractivity contribution in [3.8, 4) is 0 Å². The fourth-order valence-electron chi connectivity index (χ4n) is 3.02. The lowest BCUT2D eigenvalue weighted by molar-refractivity contribution is 0.669. The molecule has 108 valence electrons. The Kier molecular flexibility index (Phi) is 2.90. The van der Waals surface area contributed by atoms with Gasteiger partial charge in [-0.05, 0) is 61.4 Å². The fourth-order valence-corrected chi connectivity index (χ4v) is 3.02. The van der Waals surface area contributed by atoms with Crippen molar-refractivity contribution in [3.63, 3.8) is 0 Å². The smallest absolute Gasteiger partial charge is 0.135 e. The molecule has 0 aliphatic carbocycles. The Morgan fingerprint density at radius 1 is 0.682 bits per heavy atom. The molecule has 3 aromatic carbocycles. The Labute approximate surface area is 129 Å². The van der Waals surface area contributed by atoms with Gasteiger partial charge in [-0.25, -0.2) is 0 Å². The van der Waals surface area contributed by atoms with E-state index in [0.717, 1.165) is 33.3 Å². The highest BCUT2D eigenvalue weighted by molar-refractivity contribution is 6.06. The van der Waals surface area contributed by atoms with Crippen molar-refractivity contribution in [1.82, 2.24) is 0 Å². The van der Waals surface area contributed by atoms with Crippen molar-refractivity contribution in [1.29, 1.82) is 0 Å². The molecule has 1 N–H and O–H groups in total. The minimum atomic E-state index is 0.923. The van der Waals surface area contributed by atoms with E-state index in [1.54, 1.807) is 0 Å². The van der Waals surface area contributed by atoms with Crippen LogP contribution in [0, 0.1) is 13.8 Å². The van der Waals surface area contributed by atoms with Gasteiger partial charge in [-0.2, -0.15) is 0 Å². The van der Waals surface area contributed by atoms with Gasteiger partial charge in [-0.3, -0.25) is 0 Å². The Morgan fingerprint density at radius 3 is 2.23 bits per heavy atom. The number of anilines is 2. The SMILES string of the molecule is Cc1cc(C)cc(Nc2ccc3oc4ccccc4c3c2)c1. The van der Waals surface area contributed by atoms with Crippen molar-refractivity contribution < 1.29 is 4.42 Å². The third-order valence-electron chi connectivity index (χ3n) is 3.89. The molecule has 0 unspecified atom stereocenters. The highest BCUT2D eigenvalue weighted by Crippen LogP contribution is 2.31. The second kappa shape index (κ2) is 4.92. The molecule has 1 aromatic heterocycles. The molecule has 0 atom stereocenters. The van der Waals surface area contributed by atoms with Gasteiger partial charge >= 0.3 is 0 Å². The average molecular weight is 287 g/mol. The molecular formula is C20H17NO. The van der Waals surface area contributed by atoms with E-state index in [1.807, 2.05) is 24.3 Å². The summed E-state index contributed by atoms with van der Waals surface area (Å²) in [5.41, 5.74) is 6.57. The monoisotopic (exact) mass is 287 g/mol. The topological polar surface area (TPSA) is 25.2 Å². The van der Waals surface area contributed by atoms with E-state index in [1.165, 1.54) is 11.1 Å². The van der Waals surface area contributed by atoms with Gasteiger partial charge in [0.15, 0.2) is 0 Å². The second-order valence-corrected chi connectivity index (χ2v) is 5.81. The standard InChI is InChI=1S/C20H17NO/c1-13-9-14(2)11-16(10-13)21-15-7-8-20-18(12-15)17-5-3-4-6-19(17)22-20/h3-12,21H,1-2H3. The van der Waals surface area contributed by atoms with Gasteiger partial charge in [0.2, 0.25) is 0 Å². The number of hydrogen-bond donors (Lipinski definition) is 1. The Bertz CT molecular complexity index is 961. The lowest BCUT2D eigenvalue weighted by atomic mass is 10.1. The number of benzene rings is 3. The van der Waals surface area contributed by atoms with Crippen LogP contribution < -0.4 is 5.32 Å². The first kappa shape index (κ1) is 13.0. The summed E-state index contributed by atoms with van der Waals surface area (Å²) >= 11 is 0. The first-order chi connectivity index (χ1) is 10.7. The van der Waals surface area contributed by atoms with Crippen LogP contribution in [0.1, 0.15) is 11.1 Å². The van der Waals surface area contributed by atoms with E-state index in [0.29, 0.717) is 0 Å². The predicted octanol–water partition coefficient (Wildman–Crippen LogP) is 5.95. The lowest BCUT2D eigenvalue weighted by Gasteiger charge is -2.08. The Hall–Kier alpha value is -2.74. The van der Waals surface area contributed by atoms with Crippen LogP contribution in [0.5, 0.6) is 0 Å². The highest BCUT2D eigenvalue weighted by Gasteiger charge is 2.07. The molecule has 0 radical (unpaired) electrons. The zero-order valence-electron chi connectivity index (χ0n) is 12.7. The van der Waals surface area contributed by atoms with Gasteiger partial charge in [0.25, 0.3) is 0 Å². The van der Waals surface area contributed by atoms with E-state index < -0.39 is 0 Å². The van der Waals surface area contributed by atoms with Crippen LogP contribution in [0.2, 0.25) is 0 Å². The number of para-hydroxylation sites is 1. The molecule has 1 heterocycles. The Balaban J connectivity index is 1.80. The molecule has 4 aromatic rings. The van der Waals surface area contributed by atoms with Crippen LogP contribution in [-0.4, -0.2) is 0 Å². The molecule has 4 rings (SSSR count). The summed E-state index contributed by atoms with van der Waals surface area (Å²) in [6.07, 6.45) is 0. The Morgan fingerprint density at radius 2 is 1.41 bits per heavy atom. The van der Waals surface area contributed by atoms with Crippen LogP contribution in [-0.2, 0) is 0 Å². The average Bonchev–Trinajstić information content (AvgIpc) is 2.84. The van der Waals surface area contributed by atoms with Crippen molar-refractivity contribution in [2.75, 3.05) is 5.32 Å². The first-order valence-electron chi connectivity index (χ1n) is 7.46. The number of hydrogen-bond acceptors (Lipinski definition) is 2. The molecule has 0 bridgehead atoms. The van der Waals surface area contributed by atoms with Crippen molar-refractivity contribution in [2.24, 2.45) is 0 Å². The summed E-state index contributed by atoms with van der Waals surface area (Å²) in [5, 5.41) is 5.79. The van der Waals surface area contributed by atoms with Gasteiger partial charge < -0.3 is 9.73 Å². The molecular weight excluding hydrogens is 270 g/mol. The van der Waals surface area contributed by atoms with Gasteiger partial charge in [-0.15, -0.1) is 0 Å². The number of rotatable bonds is 2. The van der Waals surface area contributed by atoms with Crippen molar-refractivity contribution in [3.05, 3.63) is 71.8 Å². The molecule has 22 heavy (non-hydrogen) atoms. The minimum Gasteiger partial charge on any atom is -0.456 e. The second-order valence-electron chi connectivity index (χ2n) is 5.81. The van der Waals surface area contributed by atoms with E-state index in [2.05, 4.69) is 55.6 Å². The van der Waals surface area contributed by atoms with Gasteiger partial charge in [-0.1, -0.05) is 24.3 Å². The summed E-state index contributed by atoms with van der Waals surface area (Å²) in [6.45, 7) is 4.23. The summed E-state index contributed by atoms with van der Waals surface area (Å²) < 4.78 is 5.87. The van der Waals surface area contributed by atoms with Crippen LogP contribution in [0.15, 0.2) is 65.1 Å². The quantitative estimate of drug-likeness (QED) is 0.493. The zero-order chi connectivity index (χ0) is 15.1. The molecule has 0 fully saturated rings. The summed E-state index contributed by atoms with van der Waals surface area (Å²) in [5.74, 6) is 0. The maximum atomic E-state index is 5.87. The maximum absolute atomic E-state index is 5.87. The summed E-state index contributed by atoms with van der Waals surface area (Å²) in [6, 6.07) is 20.9. The van der Waals surface area contributed by atoms with Crippen LogP contribution in [0.3, 0.4) is 0 Å². The highest BCUT2D eigenvalue weighted by atomic mass is 16.3.